The Balaban J connectivity index is 2.14. The maximum absolute atomic E-state index is 12.9. The van der Waals surface area contributed by atoms with Crippen LogP contribution in [-0.2, 0) is 0 Å². The highest BCUT2D eigenvalue weighted by atomic mass is 19.1. The molecule has 2 rings (SSSR count). The lowest BCUT2D eigenvalue weighted by molar-refractivity contribution is 0.122. The van der Waals surface area contributed by atoms with Crippen LogP contribution in [-0.4, -0.2) is 17.3 Å². The molecule has 1 fully saturated rings. The highest BCUT2D eigenvalue weighted by molar-refractivity contribution is 5.45. The van der Waals surface area contributed by atoms with Crippen molar-refractivity contribution in [3.8, 4) is 0 Å². The Morgan fingerprint density at radius 2 is 1.78 bits per heavy atom. The molecule has 3 heteroatoms. The molecule has 2 nitrogen and oxygen atoms in total. The molecule has 0 amide bonds. The first-order valence-electron chi connectivity index (χ1n) is 6.67. The van der Waals surface area contributed by atoms with Crippen LogP contribution in [0.15, 0.2) is 24.3 Å². The van der Waals surface area contributed by atoms with E-state index >= 15 is 0 Å². The lowest BCUT2D eigenvalue weighted by Crippen LogP contribution is -2.48. The number of aliphatic hydroxyl groups excluding tert-OH is 1. The second kappa shape index (κ2) is 5.27. The van der Waals surface area contributed by atoms with Gasteiger partial charge >= 0.3 is 0 Å². The number of hydrogen-bond acceptors (Lipinski definition) is 2. The van der Waals surface area contributed by atoms with Crippen LogP contribution in [0.3, 0.4) is 0 Å². The van der Waals surface area contributed by atoms with Crippen LogP contribution in [0.2, 0.25) is 0 Å². The fraction of sp³-hybridized carbons (Fsp3) is 0.600. The van der Waals surface area contributed by atoms with E-state index < -0.39 is 0 Å². The maximum Gasteiger partial charge on any atom is 0.123 e. The molecule has 2 unspecified atom stereocenters. The van der Waals surface area contributed by atoms with Crippen molar-refractivity contribution in [3.05, 3.63) is 30.1 Å². The Kier molecular flexibility index (Phi) is 3.91. The third-order valence-electron chi connectivity index (χ3n) is 3.84. The van der Waals surface area contributed by atoms with Crippen LogP contribution in [0, 0.1) is 17.7 Å². The number of halogens is 1. The average molecular weight is 251 g/mol. The zero-order chi connectivity index (χ0) is 13.2. The molecule has 1 aromatic carbocycles. The normalized spacial score (nSPS) is 32.2. The number of hydrogen-bond donors (Lipinski definition) is 2. The minimum atomic E-state index is -0.255. The summed E-state index contributed by atoms with van der Waals surface area (Å²) in [7, 11) is 0. The van der Waals surface area contributed by atoms with Gasteiger partial charge in [0.25, 0.3) is 0 Å². The molecule has 0 bridgehead atoms. The summed E-state index contributed by atoms with van der Waals surface area (Å²) >= 11 is 0. The van der Waals surface area contributed by atoms with Crippen LogP contribution in [0.4, 0.5) is 10.1 Å². The second-order valence-corrected chi connectivity index (χ2v) is 5.92. The number of nitrogens with one attached hydrogen (secondary N) is 1. The maximum atomic E-state index is 12.9. The molecule has 0 heterocycles. The van der Waals surface area contributed by atoms with Crippen LogP contribution >= 0.6 is 0 Å². The van der Waals surface area contributed by atoms with Gasteiger partial charge in [0.1, 0.15) is 5.82 Å². The van der Waals surface area contributed by atoms with Gasteiger partial charge in [-0.3, -0.25) is 0 Å². The van der Waals surface area contributed by atoms with Crippen molar-refractivity contribution >= 4 is 5.69 Å². The largest absolute Gasteiger partial charge is 0.394 e. The number of anilines is 1. The van der Waals surface area contributed by atoms with Crippen LogP contribution in [0.25, 0.3) is 0 Å². The summed E-state index contributed by atoms with van der Waals surface area (Å²) < 4.78 is 12.9. The van der Waals surface area contributed by atoms with Gasteiger partial charge in [-0.2, -0.15) is 0 Å². The van der Waals surface area contributed by atoms with Crippen LogP contribution in [0.1, 0.15) is 33.1 Å². The van der Waals surface area contributed by atoms with E-state index in [9.17, 15) is 9.50 Å². The first-order chi connectivity index (χ1) is 8.53. The van der Waals surface area contributed by atoms with E-state index in [1.165, 1.54) is 18.6 Å². The first-order valence-corrected chi connectivity index (χ1v) is 6.67. The summed E-state index contributed by atoms with van der Waals surface area (Å²) in [6.07, 6.45) is 3.14. The van der Waals surface area contributed by atoms with E-state index in [0.717, 1.165) is 18.5 Å². The van der Waals surface area contributed by atoms with Crippen molar-refractivity contribution in [2.45, 2.75) is 38.6 Å². The SMILES string of the molecule is CC1CC(C)CC(CO)(Nc2ccc(F)cc2)C1. The summed E-state index contributed by atoms with van der Waals surface area (Å²) in [5, 5.41) is 13.2. The first kappa shape index (κ1) is 13.3. The summed E-state index contributed by atoms with van der Waals surface area (Å²) in [6.45, 7) is 4.58. The highest BCUT2D eigenvalue weighted by Gasteiger charge is 2.37. The van der Waals surface area contributed by atoms with Crippen LogP contribution < -0.4 is 5.32 Å². The third kappa shape index (κ3) is 3.02. The van der Waals surface area contributed by atoms with Gasteiger partial charge < -0.3 is 10.4 Å². The second-order valence-electron chi connectivity index (χ2n) is 5.92. The van der Waals surface area contributed by atoms with Gasteiger partial charge in [0.15, 0.2) is 0 Å². The van der Waals surface area contributed by atoms with Crippen molar-refractivity contribution in [1.29, 1.82) is 0 Å². The van der Waals surface area contributed by atoms with Crippen molar-refractivity contribution in [3.63, 3.8) is 0 Å². The van der Waals surface area contributed by atoms with Crippen molar-refractivity contribution < 1.29 is 9.50 Å². The molecule has 2 atom stereocenters. The Morgan fingerprint density at radius 3 is 2.28 bits per heavy atom. The van der Waals surface area contributed by atoms with Gasteiger partial charge in [-0.15, -0.1) is 0 Å². The quantitative estimate of drug-likeness (QED) is 0.862. The van der Waals surface area contributed by atoms with Gasteiger partial charge in [0.2, 0.25) is 0 Å². The molecule has 18 heavy (non-hydrogen) atoms. The molecule has 100 valence electrons. The predicted molar refractivity (Wildman–Crippen MR) is 72.0 cm³/mol. The van der Waals surface area contributed by atoms with Gasteiger partial charge in [-0.05, 0) is 55.4 Å². The molecule has 0 aliphatic heterocycles. The topological polar surface area (TPSA) is 32.3 Å². The summed E-state index contributed by atoms with van der Waals surface area (Å²) in [4.78, 5) is 0. The van der Waals surface area contributed by atoms with E-state index in [0.29, 0.717) is 11.8 Å². The molecule has 0 spiro atoms. The standard InChI is InChI=1S/C15H22FNO/c1-11-7-12(2)9-15(8-11,10-18)17-14-5-3-13(16)4-6-14/h3-6,11-12,17-18H,7-10H2,1-2H3. The van der Waals surface area contributed by atoms with Gasteiger partial charge in [-0.25, -0.2) is 4.39 Å². The number of benzene rings is 1. The average Bonchev–Trinajstić information content (AvgIpc) is 2.31. The Bertz CT molecular complexity index is 380. The van der Waals surface area contributed by atoms with Crippen molar-refractivity contribution in [2.24, 2.45) is 11.8 Å². The molecule has 1 aliphatic carbocycles. The van der Waals surface area contributed by atoms with Crippen molar-refractivity contribution in [2.75, 3.05) is 11.9 Å². The fourth-order valence-electron chi connectivity index (χ4n) is 3.38. The lowest BCUT2D eigenvalue weighted by atomic mass is 9.72. The Morgan fingerprint density at radius 1 is 1.22 bits per heavy atom. The van der Waals surface area contributed by atoms with Gasteiger partial charge in [-0.1, -0.05) is 13.8 Å². The summed E-state index contributed by atoms with van der Waals surface area (Å²) in [6, 6.07) is 6.36. The molecular formula is C15H22FNO. The summed E-state index contributed by atoms with van der Waals surface area (Å²) in [5.41, 5.74) is 0.626. The molecule has 0 saturated heterocycles. The van der Waals surface area contributed by atoms with Gasteiger partial charge in [0, 0.05) is 5.69 Å². The fourth-order valence-corrected chi connectivity index (χ4v) is 3.38. The van der Waals surface area contributed by atoms with Crippen LogP contribution in [0.5, 0.6) is 0 Å². The lowest BCUT2D eigenvalue weighted by Gasteiger charge is -2.43. The third-order valence-corrected chi connectivity index (χ3v) is 3.84. The number of rotatable bonds is 3. The predicted octanol–water partition coefficient (Wildman–Crippen LogP) is 3.42. The Hall–Kier alpha value is -1.09. The highest BCUT2D eigenvalue weighted by Crippen LogP contribution is 2.37. The zero-order valence-corrected chi connectivity index (χ0v) is 11.1. The minimum Gasteiger partial charge on any atom is -0.394 e. The van der Waals surface area contributed by atoms with E-state index in [2.05, 4.69) is 19.2 Å². The molecule has 2 N–H and O–H groups in total. The molecule has 0 radical (unpaired) electrons. The smallest absolute Gasteiger partial charge is 0.123 e. The molecule has 1 aliphatic rings. The summed E-state index contributed by atoms with van der Waals surface area (Å²) in [5.74, 6) is 0.978. The van der Waals surface area contributed by atoms with Crippen molar-refractivity contribution in [1.82, 2.24) is 0 Å². The Labute approximate surface area is 108 Å². The monoisotopic (exact) mass is 251 g/mol. The number of aliphatic hydroxyl groups is 1. The van der Waals surface area contributed by atoms with Gasteiger partial charge in [0.05, 0.1) is 12.1 Å². The zero-order valence-electron chi connectivity index (χ0n) is 11.1. The van der Waals surface area contributed by atoms with E-state index in [4.69, 9.17) is 0 Å². The van der Waals surface area contributed by atoms with E-state index in [-0.39, 0.29) is 18.0 Å². The van der Waals surface area contributed by atoms with E-state index in [1.807, 2.05) is 0 Å². The van der Waals surface area contributed by atoms with E-state index in [1.54, 1.807) is 12.1 Å². The molecular weight excluding hydrogens is 229 g/mol. The molecule has 1 aromatic rings. The molecule has 1 saturated carbocycles. The molecule has 0 aromatic heterocycles. The minimum absolute atomic E-state index is 0.124.